The van der Waals surface area contributed by atoms with Crippen LogP contribution in [0.4, 0.5) is 0 Å². The minimum absolute atomic E-state index is 0.00805. The molecule has 2 aliphatic carbocycles. The Hall–Kier alpha value is -6.25. The smallest absolute Gasteiger partial charge is 0.0726 e. The van der Waals surface area contributed by atoms with Gasteiger partial charge in [0.1, 0.15) is 0 Å². The summed E-state index contributed by atoms with van der Waals surface area (Å²) in [5, 5.41) is 1.16. The number of nitrogens with zero attached hydrogens (tertiary/aromatic N) is 2. The molecule has 0 saturated heterocycles. The Balaban J connectivity index is 0.929. The molecule has 0 saturated carbocycles. The molecular weight excluding hydrogens is 653 g/mol. The largest absolute Gasteiger partial charge is 0.364 e. The van der Waals surface area contributed by atoms with Crippen LogP contribution in [0.15, 0.2) is 163 Å². The van der Waals surface area contributed by atoms with Crippen LogP contribution in [0.25, 0.3) is 63.3 Å². The van der Waals surface area contributed by atoms with E-state index in [0.717, 1.165) is 35.0 Å². The monoisotopic (exact) mass is 696 g/mol. The summed E-state index contributed by atoms with van der Waals surface area (Å²) in [5.41, 5.74) is 17.4. The van der Waals surface area contributed by atoms with Gasteiger partial charge in [0.2, 0.25) is 0 Å². The van der Waals surface area contributed by atoms with Gasteiger partial charge in [-0.05, 0) is 86.7 Å². The van der Waals surface area contributed by atoms with Gasteiger partial charge in [-0.15, -0.1) is 0 Å². The van der Waals surface area contributed by atoms with Gasteiger partial charge in [-0.3, -0.25) is 0 Å². The normalized spacial score (nSPS) is 16.8. The Morgan fingerprint density at radius 1 is 0.611 bits per heavy atom. The minimum atomic E-state index is -0.00805. The van der Waals surface area contributed by atoms with Crippen molar-refractivity contribution in [2.45, 2.75) is 38.1 Å². The summed E-state index contributed by atoms with van der Waals surface area (Å²) < 4.78 is 0. The molecule has 54 heavy (non-hydrogen) atoms. The van der Waals surface area contributed by atoms with Crippen LogP contribution < -0.4 is 0 Å². The maximum Gasteiger partial charge on any atom is 0.0726 e. The molecule has 1 atom stereocenters. The van der Waals surface area contributed by atoms with Crippen LogP contribution in [0.5, 0.6) is 0 Å². The predicted octanol–water partition coefficient (Wildman–Crippen LogP) is 13.0. The lowest BCUT2D eigenvalue weighted by Crippen LogP contribution is -2.32. The first-order valence-corrected chi connectivity index (χ1v) is 19.2. The van der Waals surface area contributed by atoms with Gasteiger partial charge in [0.25, 0.3) is 0 Å². The molecule has 262 valence electrons. The zero-order valence-corrected chi connectivity index (χ0v) is 31.2. The molecule has 6 aromatic rings. The number of benzene rings is 5. The molecule has 0 bridgehead atoms. The fourth-order valence-corrected chi connectivity index (χ4v) is 8.69. The fraction of sp³-hybridized carbons (Fsp3) is 0.135. The first kappa shape index (κ1) is 33.6. The van der Waals surface area contributed by atoms with Crippen LogP contribution in [-0.4, -0.2) is 23.0 Å². The SMILES string of the molecule is CCC1(CC)c2cc(/C=C/c3ccc(C4=CC=C5C=CC=CC5N4C)cc3)ccc2-c2ccc(/C=C/c3ccc(-c4ccc5ccccc5n4)cc3)cc21. The lowest BCUT2D eigenvalue weighted by atomic mass is 9.73. The Kier molecular flexibility index (Phi) is 8.67. The van der Waals surface area contributed by atoms with Crippen LogP contribution in [0, 0.1) is 0 Å². The van der Waals surface area contributed by atoms with Crippen molar-refractivity contribution in [3.63, 3.8) is 0 Å². The predicted molar refractivity (Wildman–Crippen MR) is 231 cm³/mol. The van der Waals surface area contributed by atoms with Gasteiger partial charge in [-0.1, -0.05) is 178 Å². The molecular formula is C52H44N2. The summed E-state index contributed by atoms with van der Waals surface area (Å²) >= 11 is 0. The Labute approximate surface area is 319 Å². The van der Waals surface area contributed by atoms with E-state index in [2.05, 4.69) is 202 Å². The van der Waals surface area contributed by atoms with Crippen molar-refractivity contribution < 1.29 is 0 Å². The number of hydrogen-bond donors (Lipinski definition) is 0. The maximum atomic E-state index is 4.88. The first-order chi connectivity index (χ1) is 26.5. The highest BCUT2D eigenvalue weighted by molar-refractivity contribution is 5.86. The quantitative estimate of drug-likeness (QED) is 0.147. The number of hydrogen-bond acceptors (Lipinski definition) is 2. The second-order valence-electron chi connectivity index (χ2n) is 14.7. The van der Waals surface area contributed by atoms with Crippen LogP contribution >= 0.6 is 0 Å². The molecule has 0 radical (unpaired) electrons. The molecule has 9 rings (SSSR count). The molecule has 0 N–H and O–H groups in total. The highest BCUT2D eigenvalue weighted by Gasteiger charge is 2.40. The standard InChI is InChI=1S/C52H44N2/c1-4-52(5-2)46-34-38(16-14-36-18-24-41(25-19-36)49-32-28-40-10-6-8-12-48(40)53-49)22-30-44(46)45-31-23-39(35-47(45)52)17-15-37-20-26-43(27-21-37)51-33-29-42-11-7-9-13-50(42)54(51)3/h6-35,50H,4-5H2,1-3H3/b16-14+,17-15+. The molecule has 2 nitrogen and oxygen atoms in total. The molecule has 1 aliphatic heterocycles. The number of pyridine rings is 1. The second kappa shape index (κ2) is 14.0. The Morgan fingerprint density at radius 2 is 1.20 bits per heavy atom. The number of allylic oxidation sites excluding steroid dienone is 4. The first-order valence-electron chi connectivity index (χ1n) is 19.2. The topological polar surface area (TPSA) is 16.1 Å². The van der Waals surface area contributed by atoms with Gasteiger partial charge in [-0.25, -0.2) is 4.98 Å². The number of likely N-dealkylation sites (N-methyl/N-ethyl adjacent to an activating group) is 1. The van der Waals surface area contributed by atoms with Gasteiger partial charge < -0.3 is 4.90 Å². The summed E-state index contributed by atoms with van der Waals surface area (Å²) in [7, 11) is 2.18. The lowest BCUT2D eigenvalue weighted by molar-refractivity contribution is 0.445. The summed E-state index contributed by atoms with van der Waals surface area (Å²) in [6.07, 6.45) is 24.3. The van der Waals surface area contributed by atoms with E-state index in [4.69, 9.17) is 4.98 Å². The van der Waals surface area contributed by atoms with Crippen molar-refractivity contribution in [2.75, 3.05) is 7.05 Å². The van der Waals surface area contributed by atoms with E-state index in [1.165, 1.54) is 61.3 Å². The zero-order valence-electron chi connectivity index (χ0n) is 31.2. The average Bonchev–Trinajstić information content (AvgIpc) is 3.51. The maximum absolute atomic E-state index is 4.88. The minimum Gasteiger partial charge on any atom is -0.364 e. The number of para-hydroxylation sites is 1. The van der Waals surface area contributed by atoms with Crippen molar-refractivity contribution in [3.8, 4) is 22.4 Å². The van der Waals surface area contributed by atoms with Gasteiger partial charge in [0.05, 0.1) is 17.3 Å². The molecule has 2 heteroatoms. The molecule has 1 unspecified atom stereocenters. The lowest BCUT2D eigenvalue weighted by Gasteiger charge is -2.35. The van der Waals surface area contributed by atoms with Crippen LogP contribution in [0.3, 0.4) is 0 Å². The highest BCUT2D eigenvalue weighted by Crippen LogP contribution is 2.53. The van der Waals surface area contributed by atoms with E-state index in [9.17, 15) is 0 Å². The molecule has 1 aromatic heterocycles. The fourth-order valence-electron chi connectivity index (χ4n) is 8.69. The molecule has 5 aromatic carbocycles. The Morgan fingerprint density at radius 3 is 1.85 bits per heavy atom. The van der Waals surface area contributed by atoms with Gasteiger partial charge in [0, 0.05) is 29.1 Å². The van der Waals surface area contributed by atoms with Gasteiger partial charge in [0.15, 0.2) is 0 Å². The second-order valence-corrected chi connectivity index (χ2v) is 14.7. The van der Waals surface area contributed by atoms with Gasteiger partial charge in [-0.2, -0.15) is 0 Å². The zero-order chi connectivity index (χ0) is 36.6. The number of rotatable bonds is 8. The molecule has 3 aliphatic rings. The van der Waals surface area contributed by atoms with E-state index in [1.54, 1.807) is 0 Å². The van der Waals surface area contributed by atoms with E-state index in [-0.39, 0.29) is 5.41 Å². The highest BCUT2D eigenvalue weighted by atomic mass is 15.1. The van der Waals surface area contributed by atoms with Crippen LogP contribution in [0.2, 0.25) is 0 Å². The third-order valence-corrected chi connectivity index (χ3v) is 11.8. The van der Waals surface area contributed by atoms with E-state index in [0.29, 0.717) is 6.04 Å². The van der Waals surface area contributed by atoms with E-state index in [1.807, 2.05) is 6.07 Å². The van der Waals surface area contributed by atoms with E-state index < -0.39 is 0 Å². The van der Waals surface area contributed by atoms with Crippen molar-refractivity contribution in [1.29, 1.82) is 0 Å². The molecule has 0 amide bonds. The van der Waals surface area contributed by atoms with Gasteiger partial charge >= 0.3 is 0 Å². The van der Waals surface area contributed by atoms with Crippen molar-refractivity contribution >= 4 is 40.9 Å². The molecule has 0 fully saturated rings. The summed E-state index contributed by atoms with van der Waals surface area (Å²) in [6, 6.07) is 44.6. The van der Waals surface area contributed by atoms with Crippen LogP contribution in [0.1, 0.15) is 65.6 Å². The Bertz CT molecular complexity index is 2570. The number of aromatic nitrogens is 1. The molecule has 0 spiro atoms. The summed E-state index contributed by atoms with van der Waals surface area (Å²) in [5.74, 6) is 0. The third kappa shape index (κ3) is 5.98. The van der Waals surface area contributed by atoms with Crippen molar-refractivity contribution in [2.24, 2.45) is 0 Å². The van der Waals surface area contributed by atoms with Crippen molar-refractivity contribution in [3.05, 3.63) is 202 Å². The molecule has 2 heterocycles. The third-order valence-electron chi connectivity index (χ3n) is 11.8. The van der Waals surface area contributed by atoms with Crippen molar-refractivity contribution in [1.82, 2.24) is 9.88 Å². The summed E-state index contributed by atoms with van der Waals surface area (Å²) in [6.45, 7) is 4.69. The average molecular weight is 697 g/mol. The van der Waals surface area contributed by atoms with Crippen LogP contribution in [-0.2, 0) is 5.41 Å². The van der Waals surface area contributed by atoms with E-state index >= 15 is 0 Å². The number of fused-ring (bicyclic) bond motifs is 5. The summed E-state index contributed by atoms with van der Waals surface area (Å²) in [4.78, 5) is 7.24.